The Morgan fingerprint density at radius 3 is 2.74 bits per heavy atom. The summed E-state index contributed by atoms with van der Waals surface area (Å²) in [6.45, 7) is 4.37. The third-order valence-electron chi connectivity index (χ3n) is 4.07. The minimum atomic E-state index is -1.71. The van der Waals surface area contributed by atoms with Gasteiger partial charge in [-0.1, -0.05) is 28.8 Å². The fourth-order valence-electron chi connectivity index (χ4n) is 2.64. The van der Waals surface area contributed by atoms with E-state index in [9.17, 15) is 4.57 Å². The lowest BCUT2D eigenvalue weighted by Gasteiger charge is -2.12. The number of hydrogen-bond acceptors (Lipinski definition) is 6. The molecule has 0 aliphatic carbocycles. The average molecular weight is 408 g/mol. The van der Waals surface area contributed by atoms with Gasteiger partial charge in [0.25, 0.3) is 6.35 Å². The van der Waals surface area contributed by atoms with E-state index in [0.717, 1.165) is 5.56 Å². The number of benzene rings is 1. The van der Waals surface area contributed by atoms with Gasteiger partial charge in [0.1, 0.15) is 11.8 Å². The van der Waals surface area contributed by atoms with Gasteiger partial charge in [0.05, 0.1) is 25.0 Å². The molecule has 0 saturated carbocycles. The third kappa shape index (κ3) is 4.99. The number of rotatable bonds is 8. The monoisotopic (exact) mass is 407 g/mol. The fraction of sp³-hybridized carbons (Fsp3) is 0.353. The first-order valence-electron chi connectivity index (χ1n) is 8.43. The summed E-state index contributed by atoms with van der Waals surface area (Å²) >= 11 is 5.89. The van der Waals surface area contributed by atoms with Crippen LogP contribution < -0.4 is 10.8 Å². The highest BCUT2D eigenvalue weighted by Gasteiger charge is 2.22. The molecular formula is C17H21ClN6O2P+. The Bertz CT molecular complexity index is 933. The molecule has 3 aromatic rings. The van der Waals surface area contributed by atoms with Gasteiger partial charge in [0.2, 0.25) is 0 Å². The van der Waals surface area contributed by atoms with Crippen LogP contribution in [0.15, 0.2) is 36.9 Å². The van der Waals surface area contributed by atoms with Crippen LogP contribution >= 0.6 is 19.6 Å². The number of ether oxygens (including phenoxy) is 1. The van der Waals surface area contributed by atoms with E-state index in [1.54, 1.807) is 6.33 Å². The van der Waals surface area contributed by atoms with E-state index in [0.29, 0.717) is 28.5 Å². The number of nitrogens with one attached hydrogen (secondary N) is 1. The zero-order chi connectivity index (χ0) is 19.4. The second-order valence-corrected chi connectivity index (χ2v) is 7.93. The van der Waals surface area contributed by atoms with E-state index in [2.05, 4.69) is 20.0 Å². The van der Waals surface area contributed by atoms with Crippen LogP contribution in [0.4, 0.5) is 5.82 Å². The van der Waals surface area contributed by atoms with Crippen LogP contribution in [0, 0.1) is 0 Å². The Morgan fingerprint density at radius 2 is 2.00 bits per heavy atom. The van der Waals surface area contributed by atoms with Crippen molar-refractivity contribution in [1.29, 1.82) is 0 Å². The number of nitrogen functional groups attached to an aromatic ring is 1. The number of halogens is 1. The first kappa shape index (κ1) is 19.6. The van der Waals surface area contributed by atoms with Crippen LogP contribution in [0.1, 0.15) is 25.5 Å². The molecular weight excluding hydrogens is 387 g/mol. The Balaban J connectivity index is 1.51. The smallest absolute Gasteiger partial charge is 0.382 e. The fourth-order valence-corrected chi connectivity index (χ4v) is 3.81. The van der Waals surface area contributed by atoms with Crippen molar-refractivity contribution in [3.8, 4) is 0 Å². The summed E-state index contributed by atoms with van der Waals surface area (Å²) in [4.78, 5) is 12.3. The Hall–Kier alpha value is -2.12. The Kier molecular flexibility index (Phi) is 6.34. The molecule has 3 unspecified atom stereocenters. The molecule has 0 amide bonds. The van der Waals surface area contributed by atoms with Gasteiger partial charge in [-0.2, -0.15) is 0 Å². The molecule has 0 aliphatic rings. The summed E-state index contributed by atoms with van der Waals surface area (Å²) in [6.07, 6.45) is 2.99. The van der Waals surface area contributed by atoms with Crippen molar-refractivity contribution < 1.29 is 9.30 Å². The summed E-state index contributed by atoms with van der Waals surface area (Å²) in [5.74, 6) is 0.343. The number of hydrogen-bond donors (Lipinski definition) is 2. The standard InChI is InChI=1S/C17H21ClN6O2P/c1-11(7-24-9-22-15-16(19)20-8-21-17(15)24)26-10-27(25)23-12(2)13-3-5-14(18)6-4-13/h3-6,8-9,11-12H,7,10H2,1-2H3,(H,23,25)(H2,19,20,21)/q+1. The minimum Gasteiger partial charge on any atom is -0.382 e. The van der Waals surface area contributed by atoms with Crippen molar-refractivity contribution in [3.63, 3.8) is 0 Å². The van der Waals surface area contributed by atoms with E-state index in [4.69, 9.17) is 22.1 Å². The molecule has 27 heavy (non-hydrogen) atoms. The molecule has 8 nitrogen and oxygen atoms in total. The van der Waals surface area contributed by atoms with Crippen LogP contribution in [0.3, 0.4) is 0 Å². The van der Waals surface area contributed by atoms with Crippen molar-refractivity contribution >= 4 is 36.5 Å². The first-order chi connectivity index (χ1) is 12.9. The quantitative estimate of drug-likeness (QED) is 0.550. The molecule has 0 fully saturated rings. The molecule has 0 bridgehead atoms. The molecule has 3 atom stereocenters. The highest BCUT2D eigenvalue weighted by molar-refractivity contribution is 7.42. The molecule has 0 radical (unpaired) electrons. The molecule has 10 heteroatoms. The highest BCUT2D eigenvalue weighted by atomic mass is 35.5. The van der Waals surface area contributed by atoms with Crippen molar-refractivity contribution in [2.24, 2.45) is 0 Å². The Labute approximate surface area is 163 Å². The molecule has 2 aromatic heterocycles. The maximum atomic E-state index is 12.3. The van der Waals surface area contributed by atoms with Gasteiger partial charge in [-0.25, -0.2) is 15.0 Å². The summed E-state index contributed by atoms with van der Waals surface area (Å²) in [5, 5.41) is 3.72. The summed E-state index contributed by atoms with van der Waals surface area (Å²) in [7, 11) is -1.71. The maximum absolute atomic E-state index is 12.3. The van der Waals surface area contributed by atoms with Crippen molar-refractivity contribution in [1.82, 2.24) is 24.6 Å². The number of aromatic nitrogens is 4. The zero-order valence-electron chi connectivity index (χ0n) is 15.0. The van der Waals surface area contributed by atoms with Crippen LogP contribution in [-0.2, 0) is 15.8 Å². The predicted molar refractivity (Wildman–Crippen MR) is 106 cm³/mol. The number of nitrogens with zero attached hydrogens (tertiary/aromatic N) is 4. The number of nitrogens with two attached hydrogens (primary N) is 1. The minimum absolute atomic E-state index is 0.0675. The maximum Gasteiger partial charge on any atom is 0.461 e. The van der Waals surface area contributed by atoms with E-state index in [1.807, 2.05) is 42.7 Å². The van der Waals surface area contributed by atoms with Crippen LogP contribution in [-0.4, -0.2) is 32.0 Å². The Morgan fingerprint density at radius 1 is 1.26 bits per heavy atom. The molecule has 0 aliphatic heterocycles. The molecule has 1 aromatic carbocycles. The predicted octanol–water partition coefficient (Wildman–Crippen LogP) is 3.52. The molecule has 142 valence electrons. The third-order valence-corrected chi connectivity index (χ3v) is 5.38. The largest absolute Gasteiger partial charge is 0.461 e. The van der Waals surface area contributed by atoms with Gasteiger partial charge in [-0.15, -0.1) is 0 Å². The van der Waals surface area contributed by atoms with Crippen molar-refractivity contribution in [2.75, 3.05) is 12.1 Å². The van der Waals surface area contributed by atoms with E-state index in [-0.39, 0.29) is 18.5 Å². The molecule has 3 N–H and O–H groups in total. The first-order valence-corrected chi connectivity index (χ1v) is 10.3. The van der Waals surface area contributed by atoms with Gasteiger partial charge >= 0.3 is 7.95 Å². The van der Waals surface area contributed by atoms with Gasteiger partial charge in [-0.3, -0.25) is 0 Å². The molecule has 2 heterocycles. The van der Waals surface area contributed by atoms with Crippen LogP contribution in [0.2, 0.25) is 5.02 Å². The SMILES string of the molecule is CC(Cn1cnc2c(N)ncnc21)OC[P+](=O)NC(C)c1ccc(Cl)cc1. The molecule has 0 spiro atoms. The molecule has 3 rings (SSSR count). The van der Waals surface area contributed by atoms with Gasteiger partial charge in [0, 0.05) is 5.02 Å². The van der Waals surface area contributed by atoms with Crippen molar-refractivity contribution in [3.05, 3.63) is 47.5 Å². The van der Waals surface area contributed by atoms with E-state index in [1.165, 1.54) is 6.33 Å². The van der Waals surface area contributed by atoms with Crippen LogP contribution in [0.25, 0.3) is 11.2 Å². The normalized spacial score (nSPS) is 14.3. The highest BCUT2D eigenvalue weighted by Crippen LogP contribution is 2.25. The van der Waals surface area contributed by atoms with Crippen LogP contribution in [0.5, 0.6) is 0 Å². The summed E-state index contributed by atoms with van der Waals surface area (Å²) in [5.41, 5.74) is 8.01. The average Bonchev–Trinajstić information content (AvgIpc) is 3.05. The van der Waals surface area contributed by atoms with Crippen molar-refractivity contribution in [2.45, 2.75) is 32.5 Å². The topological polar surface area (TPSA) is 108 Å². The zero-order valence-corrected chi connectivity index (χ0v) is 16.7. The second kappa shape index (κ2) is 8.71. The van der Waals surface area contributed by atoms with E-state index < -0.39 is 7.95 Å². The van der Waals surface area contributed by atoms with E-state index >= 15 is 0 Å². The lowest BCUT2D eigenvalue weighted by atomic mass is 10.1. The number of anilines is 1. The lowest BCUT2D eigenvalue weighted by Crippen LogP contribution is -2.18. The molecule has 0 saturated heterocycles. The summed E-state index contributed by atoms with van der Waals surface area (Å²) < 4.78 is 19.9. The number of imidazole rings is 1. The van der Waals surface area contributed by atoms with Gasteiger partial charge in [-0.05, 0) is 36.1 Å². The van der Waals surface area contributed by atoms with Gasteiger partial charge in [0.15, 0.2) is 11.5 Å². The summed E-state index contributed by atoms with van der Waals surface area (Å²) in [6, 6.07) is 7.37. The van der Waals surface area contributed by atoms with Gasteiger partial charge < -0.3 is 15.0 Å². The number of fused-ring (bicyclic) bond motifs is 1. The lowest BCUT2D eigenvalue weighted by molar-refractivity contribution is 0.0874. The second-order valence-electron chi connectivity index (χ2n) is 6.22.